The lowest BCUT2D eigenvalue weighted by molar-refractivity contribution is 0.116. The van der Waals surface area contributed by atoms with Gasteiger partial charge in [-0.15, -0.1) is 0 Å². The van der Waals surface area contributed by atoms with Crippen molar-refractivity contribution in [2.75, 3.05) is 12.8 Å². The molecule has 1 aromatic carbocycles. The van der Waals surface area contributed by atoms with E-state index in [1.807, 2.05) is 12.1 Å². The summed E-state index contributed by atoms with van der Waals surface area (Å²) in [5.41, 5.74) is 7.04. The van der Waals surface area contributed by atoms with Crippen LogP contribution in [0.4, 0.5) is 5.88 Å². The van der Waals surface area contributed by atoms with Gasteiger partial charge in [0.15, 0.2) is 11.5 Å². The predicted molar refractivity (Wildman–Crippen MR) is 78.9 cm³/mol. The topological polar surface area (TPSA) is 70.5 Å². The summed E-state index contributed by atoms with van der Waals surface area (Å²) in [6, 6.07) is 5.48. The molecule has 1 saturated carbocycles. The molecule has 6 heteroatoms. The fourth-order valence-corrected chi connectivity index (χ4v) is 2.54. The average molecular weight is 339 g/mol. The highest BCUT2D eigenvalue weighted by Crippen LogP contribution is 2.42. The molecule has 1 aliphatic carbocycles. The molecule has 0 atom stereocenters. The van der Waals surface area contributed by atoms with Gasteiger partial charge in [-0.05, 0) is 31.4 Å². The van der Waals surface area contributed by atoms with Crippen molar-refractivity contribution in [3.05, 3.63) is 22.7 Å². The molecule has 0 spiro atoms. The van der Waals surface area contributed by atoms with Gasteiger partial charge in [0.25, 0.3) is 0 Å². The Kier molecular flexibility index (Phi) is 3.56. The smallest absolute Gasteiger partial charge is 0.222 e. The Balaban J connectivity index is 2.07. The van der Waals surface area contributed by atoms with Crippen LogP contribution in [0.15, 0.2) is 27.2 Å². The number of nitrogens with two attached hydrogens (primary N) is 1. The Morgan fingerprint density at radius 2 is 2.15 bits per heavy atom. The number of benzene rings is 1. The molecule has 0 aliphatic heterocycles. The predicted octanol–water partition coefficient (Wildman–Crippen LogP) is 3.63. The van der Waals surface area contributed by atoms with Crippen LogP contribution in [-0.4, -0.2) is 18.4 Å². The van der Waals surface area contributed by atoms with Crippen LogP contribution in [0.2, 0.25) is 0 Å². The maximum Gasteiger partial charge on any atom is 0.222 e. The summed E-state index contributed by atoms with van der Waals surface area (Å²) in [5.74, 6) is 1.63. The first kappa shape index (κ1) is 13.3. The van der Waals surface area contributed by atoms with Crippen LogP contribution in [0.25, 0.3) is 11.3 Å². The van der Waals surface area contributed by atoms with E-state index in [-0.39, 0.29) is 12.0 Å². The van der Waals surface area contributed by atoms with Gasteiger partial charge in [0.2, 0.25) is 5.88 Å². The molecule has 0 amide bonds. The maximum absolute atomic E-state index is 6.05. The van der Waals surface area contributed by atoms with E-state index in [1.165, 1.54) is 6.42 Å². The molecule has 3 rings (SSSR count). The van der Waals surface area contributed by atoms with Gasteiger partial charge in [0.1, 0.15) is 5.69 Å². The average Bonchev–Trinajstić information content (AvgIpc) is 2.80. The molecule has 20 heavy (non-hydrogen) atoms. The lowest BCUT2D eigenvalue weighted by atomic mass is 9.96. The summed E-state index contributed by atoms with van der Waals surface area (Å²) in [7, 11) is 1.62. The Hall–Kier alpha value is -1.69. The lowest BCUT2D eigenvalue weighted by Crippen LogP contribution is -2.25. The summed E-state index contributed by atoms with van der Waals surface area (Å²) >= 11 is 3.46. The zero-order valence-corrected chi connectivity index (χ0v) is 12.6. The van der Waals surface area contributed by atoms with E-state index in [0.29, 0.717) is 17.2 Å². The third kappa shape index (κ3) is 2.47. The molecule has 1 aromatic heterocycles. The number of anilines is 1. The standard InChI is InChI=1S/C14H15BrN2O3/c1-18-12-6-8(15)5-10(11-7-13(16)20-17-11)14(12)19-9-3-2-4-9/h5-7,9H,2-4,16H2,1H3. The van der Waals surface area contributed by atoms with Crippen molar-refractivity contribution in [1.29, 1.82) is 0 Å². The van der Waals surface area contributed by atoms with E-state index in [1.54, 1.807) is 13.2 Å². The number of nitrogens with zero attached hydrogens (tertiary/aromatic N) is 1. The molecule has 0 bridgehead atoms. The van der Waals surface area contributed by atoms with E-state index in [2.05, 4.69) is 21.1 Å². The quantitative estimate of drug-likeness (QED) is 0.921. The van der Waals surface area contributed by atoms with Crippen molar-refractivity contribution < 1.29 is 14.0 Å². The second kappa shape index (κ2) is 5.36. The highest BCUT2D eigenvalue weighted by atomic mass is 79.9. The minimum Gasteiger partial charge on any atom is -0.493 e. The number of nitrogen functional groups attached to an aromatic ring is 1. The van der Waals surface area contributed by atoms with Gasteiger partial charge in [0.05, 0.1) is 18.8 Å². The van der Waals surface area contributed by atoms with Crippen LogP contribution in [-0.2, 0) is 0 Å². The van der Waals surface area contributed by atoms with E-state index >= 15 is 0 Å². The molecule has 1 heterocycles. The number of hydrogen-bond acceptors (Lipinski definition) is 5. The van der Waals surface area contributed by atoms with Crippen molar-refractivity contribution in [3.63, 3.8) is 0 Å². The fourth-order valence-electron chi connectivity index (χ4n) is 2.10. The van der Waals surface area contributed by atoms with Gasteiger partial charge in [-0.1, -0.05) is 21.1 Å². The Bertz CT molecular complexity index is 623. The molecule has 106 valence electrons. The van der Waals surface area contributed by atoms with Gasteiger partial charge >= 0.3 is 0 Å². The van der Waals surface area contributed by atoms with Crippen LogP contribution >= 0.6 is 15.9 Å². The van der Waals surface area contributed by atoms with Gasteiger partial charge in [-0.3, -0.25) is 0 Å². The second-order valence-corrected chi connectivity index (χ2v) is 5.69. The van der Waals surface area contributed by atoms with Crippen LogP contribution in [0.3, 0.4) is 0 Å². The number of aromatic nitrogens is 1. The van der Waals surface area contributed by atoms with Gasteiger partial charge in [0, 0.05) is 10.5 Å². The Labute approximate surface area is 125 Å². The third-order valence-corrected chi connectivity index (χ3v) is 3.84. The third-order valence-electron chi connectivity index (χ3n) is 3.38. The normalized spacial score (nSPS) is 14.9. The molecule has 0 saturated heterocycles. The number of ether oxygens (including phenoxy) is 2. The van der Waals surface area contributed by atoms with E-state index < -0.39 is 0 Å². The van der Waals surface area contributed by atoms with E-state index in [4.69, 9.17) is 19.7 Å². The molecular formula is C14H15BrN2O3. The van der Waals surface area contributed by atoms with E-state index in [9.17, 15) is 0 Å². The minimum absolute atomic E-state index is 0.244. The summed E-state index contributed by atoms with van der Waals surface area (Å²) in [6.07, 6.45) is 3.59. The summed E-state index contributed by atoms with van der Waals surface area (Å²) < 4.78 is 17.3. The van der Waals surface area contributed by atoms with E-state index in [0.717, 1.165) is 22.9 Å². The molecular weight excluding hydrogens is 324 g/mol. The molecule has 2 N–H and O–H groups in total. The molecule has 2 aromatic rings. The van der Waals surface area contributed by atoms with Crippen molar-refractivity contribution in [3.8, 4) is 22.8 Å². The van der Waals surface area contributed by atoms with Crippen molar-refractivity contribution in [2.45, 2.75) is 25.4 Å². The molecule has 0 unspecified atom stereocenters. The molecule has 1 fully saturated rings. The Morgan fingerprint density at radius 3 is 2.70 bits per heavy atom. The number of methoxy groups -OCH3 is 1. The minimum atomic E-state index is 0.244. The first-order valence-electron chi connectivity index (χ1n) is 6.44. The van der Waals surface area contributed by atoms with Crippen LogP contribution < -0.4 is 15.2 Å². The Morgan fingerprint density at radius 1 is 1.35 bits per heavy atom. The zero-order valence-electron chi connectivity index (χ0n) is 11.1. The highest BCUT2D eigenvalue weighted by Gasteiger charge is 2.24. The second-order valence-electron chi connectivity index (χ2n) is 4.77. The maximum atomic E-state index is 6.05. The zero-order chi connectivity index (χ0) is 14.1. The number of hydrogen-bond donors (Lipinski definition) is 1. The van der Waals surface area contributed by atoms with Crippen molar-refractivity contribution in [2.24, 2.45) is 0 Å². The highest BCUT2D eigenvalue weighted by molar-refractivity contribution is 9.10. The van der Waals surface area contributed by atoms with Gasteiger partial charge in [-0.25, -0.2) is 0 Å². The lowest BCUT2D eigenvalue weighted by Gasteiger charge is -2.28. The molecule has 5 nitrogen and oxygen atoms in total. The van der Waals surface area contributed by atoms with Gasteiger partial charge < -0.3 is 19.7 Å². The van der Waals surface area contributed by atoms with Crippen LogP contribution in [0.5, 0.6) is 11.5 Å². The molecule has 0 radical (unpaired) electrons. The van der Waals surface area contributed by atoms with Crippen molar-refractivity contribution >= 4 is 21.8 Å². The summed E-state index contributed by atoms with van der Waals surface area (Å²) in [6.45, 7) is 0. The van der Waals surface area contributed by atoms with Crippen LogP contribution in [0.1, 0.15) is 19.3 Å². The first-order chi connectivity index (χ1) is 9.67. The summed E-state index contributed by atoms with van der Waals surface area (Å²) in [5, 5.41) is 3.96. The number of rotatable bonds is 4. The largest absolute Gasteiger partial charge is 0.493 e. The molecule has 1 aliphatic rings. The SMILES string of the molecule is COc1cc(Br)cc(-c2cc(N)on2)c1OC1CCC1. The summed E-state index contributed by atoms with van der Waals surface area (Å²) in [4.78, 5) is 0. The van der Waals surface area contributed by atoms with Crippen molar-refractivity contribution in [1.82, 2.24) is 5.16 Å². The first-order valence-corrected chi connectivity index (χ1v) is 7.23. The van der Waals surface area contributed by atoms with Gasteiger partial charge in [-0.2, -0.15) is 0 Å². The monoisotopic (exact) mass is 338 g/mol. The number of halogens is 1. The fraction of sp³-hybridized carbons (Fsp3) is 0.357. The van der Waals surface area contributed by atoms with Crippen LogP contribution in [0, 0.1) is 0 Å².